The van der Waals surface area contributed by atoms with Crippen molar-refractivity contribution in [3.05, 3.63) is 16.6 Å². The third-order valence-corrected chi connectivity index (χ3v) is 3.45. The summed E-state index contributed by atoms with van der Waals surface area (Å²) in [5, 5.41) is 6.11. The first kappa shape index (κ1) is 12.6. The van der Waals surface area contributed by atoms with E-state index < -0.39 is 10.0 Å². The van der Waals surface area contributed by atoms with Crippen molar-refractivity contribution in [3.8, 4) is 0 Å². The summed E-state index contributed by atoms with van der Waals surface area (Å²) in [7, 11) is -3.08. The zero-order valence-corrected chi connectivity index (χ0v) is 10.4. The van der Waals surface area contributed by atoms with Crippen LogP contribution in [-0.4, -0.2) is 32.7 Å². The number of nitrogens with one attached hydrogen (secondary N) is 2. The van der Waals surface area contributed by atoms with Gasteiger partial charge in [-0.1, -0.05) is 0 Å². The maximum Gasteiger partial charge on any atom is 0.208 e. The number of aromatic nitrogens is 1. The zero-order valence-electron chi connectivity index (χ0n) is 8.73. The van der Waals surface area contributed by atoms with Gasteiger partial charge in [0.1, 0.15) is 5.01 Å². The van der Waals surface area contributed by atoms with E-state index in [0.29, 0.717) is 13.1 Å². The van der Waals surface area contributed by atoms with Gasteiger partial charge in [0.25, 0.3) is 0 Å². The topological polar surface area (TPSA) is 71.1 Å². The van der Waals surface area contributed by atoms with Crippen LogP contribution >= 0.6 is 11.3 Å². The van der Waals surface area contributed by atoms with E-state index in [1.807, 2.05) is 12.3 Å². The average Bonchev–Trinajstić information content (AvgIpc) is 2.63. The summed E-state index contributed by atoms with van der Waals surface area (Å²) < 4.78 is 23.9. The highest BCUT2D eigenvalue weighted by Gasteiger charge is 2.06. The Morgan fingerprint density at radius 3 is 2.80 bits per heavy atom. The van der Waals surface area contributed by atoms with Gasteiger partial charge in [-0.2, -0.15) is 0 Å². The van der Waals surface area contributed by atoms with Crippen molar-refractivity contribution in [3.63, 3.8) is 0 Å². The van der Waals surface area contributed by atoms with Crippen LogP contribution in [0.3, 0.4) is 0 Å². The van der Waals surface area contributed by atoms with Crippen LogP contribution in [0.4, 0.5) is 0 Å². The lowest BCUT2D eigenvalue weighted by Gasteiger charge is -2.10. The molecule has 0 aliphatic rings. The Balaban J connectivity index is 2.21. The van der Waals surface area contributed by atoms with Crippen molar-refractivity contribution in [2.75, 3.05) is 19.3 Å². The van der Waals surface area contributed by atoms with E-state index in [9.17, 15) is 8.42 Å². The largest absolute Gasteiger partial charge is 0.307 e. The second-order valence-electron chi connectivity index (χ2n) is 3.21. The summed E-state index contributed by atoms with van der Waals surface area (Å²) >= 11 is 1.58. The summed E-state index contributed by atoms with van der Waals surface area (Å²) in [6.07, 6.45) is 2.91. The lowest BCUT2D eigenvalue weighted by molar-refractivity contribution is 0.555. The van der Waals surface area contributed by atoms with Crippen molar-refractivity contribution >= 4 is 21.4 Å². The van der Waals surface area contributed by atoms with Crippen molar-refractivity contribution in [1.82, 2.24) is 15.0 Å². The Bertz CT molecular complexity index is 375. The minimum Gasteiger partial charge on any atom is -0.307 e. The Morgan fingerprint density at radius 2 is 2.27 bits per heavy atom. The normalized spacial score (nSPS) is 14.0. The third kappa shape index (κ3) is 5.22. The van der Waals surface area contributed by atoms with E-state index in [4.69, 9.17) is 0 Å². The smallest absolute Gasteiger partial charge is 0.208 e. The molecule has 7 heteroatoms. The number of nitrogens with zero attached hydrogens (tertiary/aromatic N) is 1. The molecule has 1 rings (SSSR count). The van der Waals surface area contributed by atoms with Crippen LogP contribution in [0.25, 0.3) is 0 Å². The van der Waals surface area contributed by atoms with Crippen LogP contribution in [0.1, 0.15) is 18.0 Å². The molecule has 0 aliphatic carbocycles. The Morgan fingerprint density at radius 1 is 1.53 bits per heavy atom. The average molecular weight is 249 g/mol. The summed E-state index contributed by atoms with van der Waals surface area (Å²) in [5.74, 6) is 0. The van der Waals surface area contributed by atoms with Gasteiger partial charge in [0, 0.05) is 24.7 Å². The van der Waals surface area contributed by atoms with E-state index in [0.717, 1.165) is 11.3 Å². The minimum absolute atomic E-state index is 0.159. The molecule has 0 saturated heterocycles. The van der Waals surface area contributed by atoms with Crippen LogP contribution in [0.5, 0.6) is 0 Å². The van der Waals surface area contributed by atoms with E-state index in [2.05, 4.69) is 15.0 Å². The summed E-state index contributed by atoms with van der Waals surface area (Å²) in [5.41, 5.74) is 0. The van der Waals surface area contributed by atoms with Gasteiger partial charge in [0.05, 0.1) is 12.3 Å². The Hall–Kier alpha value is -0.500. The van der Waals surface area contributed by atoms with Crippen molar-refractivity contribution < 1.29 is 8.42 Å². The van der Waals surface area contributed by atoms with Crippen LogP contribution in [-0.2, 0) is 10.0 Å². The molecule has 1 heterocycles. The van der Waals surface area contributed by atoms with Crippen LogP contribution in [0, 0.1) is 0 Å². The van der Waals surface area contributed by atoms with Gasteiger partial charge < -0.3 is 5.32 Å². The van der Waals surface area contributed by atoms with E-state index in [1.165, 1.54) is 0 Å². The lowest BCUT2D eigenvalue weighted by atomic mass is 10.3. The monoisotopic (exact) mass is 249 g/mol. The summed E-state index contributed by atoms with van der Waals surface area (Å²) in [4.78, 5) is 4.16. The first-order chi connectivity index (χ1) is 6.99. The van der Waals surface area contributed by atoms with Gasteiger partial charge in [0.2, 0.25) is 10.0 Å². The number of hydrogen-bond donors (Lipinski definition) is 2. The molecule has 0 fully saturated rings. The number of sulfonamides is 1. The number of rotatable bonds is 6. The standard InChI is InChI=1S/C8H15N3O2S2/c1-7(8-10-5-6-14-8)9-3-4-11-15(2,12)13/h5-7,9,11H,3-4H2,1-2H3. The SMILES string of the molecule is CC(NCCNS(C)(=O)=O)c1nccs1. The highest BCUT2D eigenvalue weighted by atomic mass is 32.2. The fraction of sp³-hybridized carbons (Fsp3) is 0.625. The predicted molar refractivity (Wildman–Crippen MR) is 61.4 cm³/mol. The molecule has 0 spiro atoms. The zero-order chi connectivity index (χ0) is 11.3. The van der Waals surface area contributed by atoms with Crippen molar-refractivity contribution in [2.45, 2.75) is 13.0 Å². The second-order valence-corrected chi connectivity index (χ2v) is 5.97. The maximum atomic E-state index is 10.8. The highest BCUT2D eigenvalue weighted by molar-refractivity contribution is 7.88. The summed E-state index contributed by atoms with van der Waals surface area (Å²) in [6.45, 7) is 2.99. The van der Waals surface area contributed by atoms with Gasteiger partial charge in [-0.25, -0.2) is 18.1 Å². The van der Waals surface area contributed by atoms with E-state index in [1.54, 1.807) is 17.5 Å². The quantitative estimate of drug-likeness (QED) is 0.713. The summed E-state index contributed by atoms with van der Waals surface area (Å²) in [6, 6.07) is 0.159. The molecule has 15 heavy (non-hydrogen) atoms. The molecule has 1 aromatic rings. The molecule has 5 nitrogen and oxygen atoms in total. The molecule has 0 bridgehead atoms. The van der Waals surface area contributed by atoms with Crippen LogP contribution in [0.2, 0.25) is 0 Å². The molecule has 1 atom stereocenters. The maximum absolute atomic E-state index is 10.8. The molecule has 1 aromatic heterocycles. The molecule has 1 unspecified atom stereocenters. The van der Waals surface area contributed by atoms with E-state index in [-0.39, 0.29) is 6.04 Å². The fourth-order valence-corrected chi connectivity index (χ4v) is 2.20. The number of hydrogen-bond acceptors (Lipinski definition) is 5. The lowest BCUT2D eigenvalue weighted by Crippen LogP contribution is -2.32. The van der Waals surface area contributed by atoms with Gasteiger partial charge in [-0.3, -0.25) is 0 Å². The van der Waals surface area contributed by atoms with Crippen LogP contribution < -0.4 is 10.0 Å². The Kier molecular flexibility index (Phi) is 4.65. The molecular weight excluding hydrogens is 234 g/mol. The highest BCUT2D eigenvalue weighted by Crippen LogP contribution is 2.13. The number of thiazole rings is 1. The third-order valence-electron chi connectivity index (χ3n) is 1.76. The minimum atomic E-state index is -3.08. The van der Waals surface area contributed by atoms with Crippen molar-refractivity contribution in [1.29, 1.82) is 0 Å². The predicted octanol–water partition coefficient (Wildman–Crippen LogP) is 0.343. The van der Waals surface area contributed by atoms with Crippen molar-refractivity contribution in [2.24, 2.45) is 0 Å². The van der Waals surface area contributed by atoms with E-state index >= 15 is 0 Å². The Labute approximate surface area is 94.0 Å². The fourth-order valence-electron chi connectivity index (χ4n) is 1.06. The molecule has 0 amide bonds. The van der Waals surface area contributed by atoms with Gasteiger partial charge in [-0.05, 0) is 6.92 Å². The molecule has 0 aromatic carbocycles. The molecular formula is C8H15N3O2S2. The first-order valence-corrected chi connectivity index (χ1v) is 7.33. The molecule has 2 N–H and O–H groups in total. The molecule has 0 radical (unpaired) electrons. The first-order valence-electron chi connectivity index (χ1n) is 4.56. The second kappa shape index (κ2) is 5.55. The van der Waals surface area contributed by atoms with Gasteiger partial charge >= 0.3 is 0 Å². The van der Waals surface area contributed by atoms with Gasteiger partial charge in [0.15, 0.2) is 0 Å². The van der Waals surface area contributed by atoms with Gasteiger partial charge in [-0.15, -0.1) is 11.3 Å². The molecule has 0 saturated carbocycles. The molecule has 86 valence electrons. The molecule has 0 aliphatic heterocycles. The van der Waals surface area contributed by atoms with Crippen LogP contribution in [0.15, 0.2) is 11.6 Å².